The molecule has 1 nitrogen and oxygen atoms in total. The maximum Gasteiger partial charge on any atom is 0.0379 e. The molecule has 0 aromatic heterocycles. The normalized spacial score (nSPS) is 27.8. The summed E-state index contributed by atoms with van der Waals surface area (Å²) >= 11 is 5.89. The SMILES string of the molecule is CCC(C)CN1CCCC1CCl. The van der Waals surface area contributed by atoms with Crippen LogP contribution in [0.2, 0.25) is 0 Å². The van der Waals surface area contributed by atoms with E-state index in [1.54, 1.807) is 0 Å². The molecular formula is C10H20ClN. The molecule has 0 spiro atoms. The summed E-state index contributed by atoms with van der Waals surface area (Å²) in [4.78, 5) is 2.56. The fourth-order valence-corrected chi connectivity index (χ4v) is 2.19. The van der Waals surface area contributed by atoms with Gasteiger partial charge in [-0.1, -0.05) is 20.3 Å². The van der Waals surface area contributed by atoms with Crippen molar-refractivity contribution in [3.63, 3.8) is 0 Å². The molecule has 1 rings (SSSR count). The summed E-state index contributed by atoms with van der Waals surface area (Å²) in [5.41, 5.74) is 0. The van der Waals surface area contributed by atoms with Gasteiger partial charge in [0.15, 0.2) is 0 Å². The molecule has 0 radical (unpaired) electrons. The molecule has 2 atom stereocenters. The Hall–Kier alpha value is 0.250. The molecule has 2 unspecified atom stereocenters. The molecule has 0 amide bonds. The van der Waals surface area contributed by atoms with Crippen LogP contribution in [-0.2, 0) is 0 Å². The van der Waals surface area contributed by atoms with Crippen molar-refractivity contribution in [3.8, 4) is 0 Å². The highest BCUT2D eigenvalue weighted by Gasteiger charge is 2.23. The van der Waals surface area contributed by atoms with Crippen molar-refractivity contribution < 1.29 is 0 Å². The van der Waals surface area contributed by atoms with Gasteiger partial charge >= 0.3 is 0 Å². The van der Waals surface area contributed by atoms with Gasteiger partial charge in [0, 0.05) is 18.5 Å². The quantitative estimate of drug-likeness (QED) is 0.615. The Morgan fingerprint density at radius 2 is 2.33 bits per heavy atom. The third-order valence-corrected chi connectivity index (χ3v) is 3.28. The molecule has 1 heterocycles. The lowest BCUT2D eigenvalue weighted by atomic mass is 10.1. The number of rotatable bonds is 4. The van der Waals surface area contributed by atoms with Crippen molar-refractivity contribution in [3.05, 3.63) is 0 Å². The number of halogens is 1. The second kappa shape index (κ2) is 5.08. The summed E-state index contributed by atoms with van der Waals surface area (Å²) in [6.07, 6.45) is 3.93. The maximum atomic E-state index is 5.89. The van der Waals surface area contributed by atoms with Crippen molar-refractivity contribution in [1.29, 1.82) is 0 Å². The van der Waals surface area contributed by atoms with Gasteiger partial charge in [-0.15, -0.1) is 11.6 Å². The van der Waals surface area contributed by atoms with Gasteiger partial charge in [-0.25, -0.2) is 0 Å². The van der Waals surface area contributed by atoms with Crippen LogP contribution in [0.3, 0.4) is 0 Å². The standard InChI is InChI=1S/C10H20ClN/c1-3-9(2)8-12-6-4-5-10(12)7-11/h9-10H,3-8H2,1-2H3. The van der Waals surface area contributed by atoms with E-state index in [2.05, 4.69) is 18.7 Å². The van der Waals surface area contributed by atoms with Crippen molar-refractivity contribution in [2.75, 3.05) is 19.0 Å². The minimum atomic E-state index is 0.667. The predicted octanol–water partition coefficient (Wildman–Crippen LogP) is 2.74. The Kier molecular flexibility index (Phi) is 4.38. The van der Waals surface area contributed by atoms with E-state index in [4.69, 9.17) is 11.6 Å². The number of hydrogen-bond acceptors (Lipinski definition) is 1. The fourth-order valence-electron chi connectivity index (χ4n) is 1.84. The zero-order chi connectivity index (χ0) is 8.97. The number of hydrogen-bond donors (Lipinski definition) is 0. The Labute approximate surface area is 81.1 Å². The lowest BCUT2D eigenvalue weighted by Crippen LogP contribution is -2.34. The van der Waals surface area contributed by atoms with E-state index in [9.17, 15) is 0 Å². The summed E-state index contributed by atoms with van der Waals surface area (Å²) in [6, 6.07) is 0.667. The zero-order valence-electron chi connectivity index (χ0n) is 8.22. The van der Waals surface area contributed by atoms with Crippen LogP contribution in [0.5, 0.6) is 0 Å². The van der Waals surface area contributed by atoms with E-state index in [0.29, 0.717) is 6.04 Å². The van der Waals surface area contributed by atoms with Gasteiger partial charge in [0.05, 0.1) is 0 Å². The van der Waals surface area contributed by atoms with Crippen molar-refractivity contribution >= 4 is 11.6 Å². The van der Waals surface area contributed by atoms with Crippen molar-refractivity contribution in [1.82, 2.24) is 4.90 Å². The van der Waals surface area contributed by atoms with Crippen LogP contribution in [0.1, 0.15) is 33.1 Å². The molecule has 0 bridgehead atoms. The fraction of sp³-hybridized carbons (Fsp3) is 1.00. The minimum Gasteiger partial charge on any atom is -0.299 e. The number of alkyl halides is 1. The first kappa shape index (κ1) is 10.3. The average molecular weight is 190 g/mol. The molecule has 1 saturated heterocycles. The topological polar surface area (TPSA) is 3.24 Å². The van der Waals surface area contributed by atoms with Gasteiger partial charge in [-0.3, -0.25) is 4.90 Å². The van der Waals surface area contributed by atoms with Gasteiger partial charge in [-0.05, 0) is 25.3 Å². The molecule has 0 N–H and O–H groups in total. The summed E-state index contributed by atoms with van der Waals surface area (Å²) in [5.74, 6) is 1.64. The molecule has 12 heavy (non-hydrogen) atoms. The first-order valence-electron chi connectivity index (χ1n) is 5.08. The largest absolute Gasteiger partial charge is 0.299 e. The molecule has 0 aromatic rings. The molecule has 1 aliphatic heterocycles. The summed E-state index contributed by atoms with van der Waals surface area (Å²) < 4.78 is 0. The molecular weight excluding hydrogens is 170 g/mol. The van der Waals surface area contributed by atoms with E-state index >= 15 is 0 Å². The van der Waals surface area contributed by atoms with Gasteiger partial charge in [0.2, 0.25) is 0 Å². The van der Waals surface area contributed by atoms with E-state index in [0.717, 1.165) is 11.8 Å². The maximum absolute atomic E-state index is 5.89. The van der Waals surface area contributed by atoms with Gasteiger partial charge in [0.25, 0.3) is 0 Å². The second-order valence-corrected chi connectivity index (χ2v) is 4.27. The smallest absolute Gasteiger partial charge is 0.0379 e. The Bertz CT molecular complexity index is 127. The molecule has 2 heteroatoms. The third kappa shape index (κ3) is 2.63. The number of nitrogens with zero attached hydrogens (tertiary/aromatic N) is 1. The van der Waals surface area contributed by atoms with Crippen LogP contribution in [-0.4, -0.2) is 29.9 Å². The monoisotopic (exact) mass is 189 g/mol. The van der Waals surface area contributed by atoms with Crippen LogP contribution >= 0.6 is 11.6 Å². The van der Waals surface area contributed by atoms with Crippen LogP contribution in [0.25, 0.3) is 0 Å². The van der Waals surface area contributed by atoms with Gasteiger partial charge in [0.1, 0.15) is 0 Å². The van der Waals surface area contributed by atoms with Gasteiger partial charge < -0.3 is 0 Å². The summed E-state index contributed by atoms with van der Waals surface area (Å²) in [7, 11) is 0. The van der Waals surface area contributed by atoms with Crippen LogP contribution in [0.15, 0.2) is 0 Å². The molecule has 1 aliphatic rings. The minimum absolute atomic E-state index is 0.667. The molecule has 0 saturated carbocycles. The Balaban J connectivity index is 2.30. The lowest BCUT2D eigenvalue weighted by Gasteiger charge is -2.25. The van der Waals surface area contributed by atoms with Crippen molar-refractivity contribution in [2.24, 2.45) is 5.92 Å². The second-order valence-electron chi connectivity index (χ2n) is 3.96. The van der Waals surface area contributed by atoms with E-state index in [1.165, 1.54) is 32.4 Å². The molecule has 0 aromatic carbocycles. The first-order valence-corrected chi connectivity index (χ1v) is 5.61. The average Bonchev–Trinajstić information content (AvgIpc) is 2.51. The zero-order valence-corrected chi connectivity index (χ0v) is 8.98. The highest BCUT2D eigenvalue weighted by molar-refractivity contribution is 6.18. The molecule has 72 valence electrons. The van der Waals surface area contributed by atoms with E-state index in [1.807, 2.05) is 0 Å². The van der Waals surface area contributed by atoms with E-state index < -0.39 is 0 Å². The highest BCUT2D eigenvalue weighted by Crippen LogP contribution is 2.20. The molecule has 1 fully saturated rings. The summed E-state index contributed by atoms with van der Waals surface area (Å²) in [6.45, 7) is 7.09. The van der Waals surface area contributed by atoms with Crippen LogP contribution in [0, 0.1) is 5.92 Å². The van der Waals surface area contributed by atoms with Gasteiger partial charge in [-0.2, -0.15) is 0 Å². The van der Waals surface area contributed by atoms with Crippen molar-refractivity contribution in [2.45, 2.75) is 39.2 Å². The van der Waals surface area contributed by atoms with Crippen LogP contribution < -0.4 is 0 Å². The summed E-state index contributed by atoms with van der Waals surface area (Å²) in [5, 5.41) is 0. The first-order chi connectivity index (χ1) is 5.77. The third-order valence-electron chi connectivity index (χ3n) is 2.92. The number of likely N-dealkylation sites (tertiary alicyclic amines) is 1. The lowest BCUT2D eigenvalue weighted by molar-refractivity contribution is 0.231. The molecule has 0 aliphatic carbocycles. The Morgan fingerprint density at radius 1 is 1.58 bits per heavy atom. The highest BCUT2D eigenvalue weighted by atomic mass is 35.5. The Morgan fingerprint density at radius 3 is 2.92 bits per heavy atom. The van der Waals surface area contributed by atoms with E-state index in [-0.39, 0.29) is 0 Å². The van der Waals surface area contributed by atoms with Crippen LogP contribution in [0.4, 0.5) is 0 Å². The predicted molar refractivity (Wildman–Crippen MR) is 54.8 cm³/mol.